The quantitative estimate of drug-likeness (QED) is 0.586. The van der Waals surface area contributed by atoms with Crippen LogP contribution in [0.25, 0.3) is 11.1 Å². The van der Waals surface area contributed by atoms with Gasteiger partial charge in [0.25, 0.3) is 0 Å². The lowest BCUT2D eigenvalue weighted by atomic mass is 9.93. The number of aryl methyl sites for hydroxylation is 1. The molecule has 0 bridgehead atoms. The highest BCUT2D eigenvalue weighted by atomic mass is 19.1. The minimum atomic E-state index is -0.859. The SMILES string of the molecule is COc1ccc(F)c(-c2ccc(C3CCc4ccc([C@@H](C)C(=O)O)cc4O3)cc2)c1. The van der Waals surface area contributed by atoms with Crippen LogP contribution in [0.15, 0.2) is 60.7 Å². The largest absolute Gasteiger partial charge is 0.497 e. The number of carboxylic acid groups (broad SMARTS) is 1. The fourth-order valence-electron chi connectivity index (χ4n) is 3.76. The predicted molar refractivity (Wildman–Crippen MR) is 113 cm³/mol. The monoisotopic (exact) mass is 406 g/mol. The van der Waals surface area contributed by atoms with Crippen LogP contribution in [0.3, 0.4) is 0 Å². The Morgan fingerprint density at radius 1 is 1.13 bits per heavy atom. The number of halogens is 1. The summed E-state index contributed by atoms with van der Waals surface area (Å²) >= 11 is 0. The third-order valence-electron chi connectivity index (χ3n) is 5.67. The second kappa shape index (κ2) is 8.19. The van der Waals surface area contributed by atoms with Gasteiger partial charge >= 0.3 is 5.97 Å². The molecule has 0 saturated heterocycles. The molecular weight excluding hydrogens is 383 g/mol. The minimum absolute atomic E-state index is 0.128. The van der Waals surface area contributed by atoms with Crippen molar-refractivity contribution in [2.24, 2.45) is 0 Å². The molecule has 1 N–H and O–H groups in total. The Kier molecular flexibility index (Phi) is 5.44. The van der Waals surface area contributed by atoms with E-state index in [-0.39, 0.29) is 11.9 Å². The zero-order valence-electron chi connectivity index (χ0n) is 16.9. The Bertz CT molecular complexity index is 1080. The van der Waals surface area contributed by atoms with Crippen LogP contribution < -0.4 is 9.47 Å². The molecule has 4 rings (SSSR count). The van der Waals surface area contributed by atoms with E-state index >= 15 is 0 Å². The van der Waals surface area contributed by atoms with E-state index in [1.807, 2.05) is 42.5 Å². The van der Waals surface area contributed by atoms with Gasteiger partial charge in [0, 0.05) is 5.56 Å². The van der Waals surface area contributed by atoms with Crippen molar-refractivity contribution in [3.8, 4) is 22.6 Å². The smallest absolute Gasteiger partial charge is 0.310 e. The van der Waals surface area contributed by atoms with Crippen LogP contribution in [0.5, 0.6) is 11.5 Å². The van der Waals surface area contributed by atoms with Gasteiger partial charge in [-0.2, -0.15) is 0 Å². The molecule has 0 fully saturated rings. The maximum Gasteiger partial charge on any atom is 0.310 e. The highest BCUT2D eigenvalue weighted by Crippen LogP contribution is 2.37. The first-order valence-corrected chi connectivity index (χ1v) is 9.92. The van der Waals surface area contributed by atoms with Crippen LogP contribution in [-0.4, -0.2) is 18.2 Å². The zero-order chi connectivity index (χ0) is 21.3. The van der Waals surface area contributed by atoms with Gasteiger partial charge in [0.2, 0.25) is 0 Å². The van der Waals surface area contributed by atoms with Gasteiger partial charge in [0.15, 0.2) is 0 Å². The van der Waals surface area contributed by atoms with Crippen LogP contribution in [0, 0.1) is 5.82 Å². The van der Waals surface area contributed by atoms with Gasteiger partial charge in [-0.25, -0.2) is 4.39 Å². The van der Waals surface area contributed by atoms with E-state index in [0.29, 0.717) is 11.3 Å². The number of hydrogen-bond donors (Lipinski definition) is 1. The van der Waals surface area contributed by atoms with E-state index in [1.54, 1.807) is 26.2 Å². The van der Waals surface area contributed by atoms with Crippen molar-refractivity contribution < 1.29 is 23.8 Å². The van der Waals surface area contributed by atoms with Crippen LogP contribution in [0.2, 0.25) is 0 Å². The molecule has 1 aliphatic rings. The van der Waals surface area contributed by atoms with Crippen molar-refractivity contribution in [3.63, 3.8) is 0 Å². The second-order valence-electron chi connectivity index (χ2n) is 7.54. The predicted octanol–water partition coefficient (Wildman–Crippen LogP) is 5.76. The number of rotatable bonds is 5. The van der Waals surface area contributed by atoms with Crippen molar-refractivity contribution in [1.82, 2.24) is 0 Å². The van der Waals surface area contributed by atoms with E-state index in [1.165, 1.54) is 6.07 Å². The molecule has 0 amide bonds. The molecule has 3 aromatic carbocycles. The highest BCUT2D eigenvalue weighted by molar-refractivity contribution is 5.75. The number of aliphatic carboxylic acids is 1. The van der Waals surface area contributed by atoms with Crippen molar-refractivity contribution in [3.05, 3.63) is 83.2 Å². The molecular formula is C25H23FO4. The molecule has 1 aliphatic heterocycles. The molecule has 0 radical (unpaired) electrons. The summed E-state index contributed by atoms with van der Waals surface area (Å²) in [5.41, 5.74) is 4.07. The number of carbonyl (C=O) groups is 1. The van der Waals surface area contributed by atoms with E-state index in [0.717, 1.165) is 40.8 Å². The van der Waals surface area contributed by atoms with Crippen LogP contribution >= 0.6 is 0 Å². The Hall–Kier alpha value is -3.34. The average molecular weight is 406 g/mol. The van der Waals surface area contributed by atoms with E-state index in [4.69, 9.17) is 9.47 Å². The van der Waals surface area contributed by atoms with E-state index in [2.05, 4.69) is 0 Å². The Balaban J connectivity index is 1.56. The fourth-order valence-corrected chi connectivity index (χ4v) is 3.76. The molecule has 30 heavy (non-hydrogen) atoms. The average Bonchev–Trinajstić information content (AvgIpc) is 2.78. The van der Waals surface area contributed by atoms with Gasteiger partial charge < -0.3 is 14.6 Å². The standard InChI is InChI=1S/C25H23FO4/c1-15(25(27)28)19-8-7-18-9-12-23(30-24(18)13-19)17-5-3-16(4-6-17)21-14-20(29-2)10-11-22(21)26/h3-8,10-11,13-15,23H,9,12H2,1-2H3,(H,27,28)/t15-,23?/m1/s1. The van der Waals surface area contributed by atoms with Crippen LogP contribution in [0.1, 0.15) is 42.1 Å². The summed E-state index contributed by atoms with van der Waals surface area (Å²) in [5.74, 6) is -0.403. The Labute approximate surface area is 174 Å². The zero-order valence-corrected chi connectivity index (χ0v) is 16.9. The number of benzene rings is 3. The summed E-state index contributed by atoms with van der Waals surface area (Å²) in [7, 11) is 1.56. The number of fused-ring (bicyclic) bond motifs is 1. The molecule has 0 spiro atoms. The van der Waals surface area contributed by atoms with Crippen molar-refractivity contribution in [2.75, 3.05) is 7.11 Å². The van der Waals surface area contributed by atoms with Gasteiger partial charge in [-0.05, 0) is 66.3 Å². The lowest BCUT2D eigenvalue weighted by Gasteiger charge is -2.27. The first kappa shape index (κ1) is 20.0. The number of hydrogen-bond acceptors (Lipinski definition) is 3. The summed E-state index contributed by atoms with van der Waals surface area (Å²) in [6, 6.07) is 18.0. The maximum absolute atomic E-state index is 14.2. The van der Waals surface area contributed by atoms with E-state index < -0.39 is 11.9 Å². The normalized spacial score (nSPS) is 16.3. The van der Waals surface area contributed by atoms with Gasteiger partial charge in [0.05, 0.1) is 13.0 Å². The highest BCUT2D eigenvalue weighted by Gasteiger charge is 2.23. The van der Waals surface area contributed by atoms with Crippen molar-refractivity contribution in [1.29, 1.82) is 0 Å². The van der Waals surface area contributed by atoms with Crippen molar-refractivity contribution >= 4 is 5.97 Å². The molecule has 154 valence electrons. The fraction of sp³-hybridized carbons (Fsp3) is 0.240. The van der Waals surface area contributed by atoms with Crippen molar-refractivity contribution in [2.45, 2.75) is 31.8 Å². The molecule has 0 saturated carbocycles. The molecule has 1 unspecified atom stereocenters. The summed E-state index contributed by atoms with van der Waals surface area (Å²) < 4.78 is 25.7. The summed E-state index contributed by atoms with van der Waals surface area (Å²) in [6.07, 6.45) is 1.55. The van der Waals surface area contributed by atoms with Gasteiger partial charge in [-0.1, -0.05) is 36.4 Å². The van der Waals surface area contributed by atoms with Gasteiger partial charge in [0.1, 0.15) is 23.4 Å². The Morgan fingerprint density at radius 2 is 1.90 bits per heavy atom. The summed E-state index contributed by atoms with van der Waals surface area (Å²) in [5, 5.41) is 9.27. The first-order chi connectivity index (χ1) is 14.5. The summed E-state index contributed by atoms with van der Waals surface area (Å²) in [4.78, 5) is 11.3. The van der Waals surface area contributed by atoms with Crippen LogP contribution in [-0.2, 0) is 11.2 Å². The topological polar surface area (TPSA) is 55.8 Å². The van der Waals surface area contributed by atoms with E-state index in [9.17, 15) is 14.3 Å². The summed E-state index contributed by atoms with van der Waals surface area (Å²) in [6.45, 7) is 1.67. The number of carboxylic acids is 1. The third kappa shape index (κ3) is 3.88. The Morgan fingerprint density at radius 3 is 2.60 bits per heavy atom. The molecule has 1 heterocycles. The second-order valence-corrected chi connectivity index (χ2v) is 7.54. The van der Waals surface area contributed by atoms with Crippen LogP contribution in [0.4, 0.5) is 4.39 Å². The minimum Gasteiger partial charge on any atom is -0.497 e. The number of ether oxygens (including phenoxy) is 2. The maximum atomic E-state index is 14.2. The molecule has 3 aromatic rings. The van der Waals surface area contributed by atoms with Gasteiger partial charge in [-0.3, -0.25) is 4.79 Å². The molecule has 2 atom stereocenters. The molecule has 0 aromatic heterocycles. The first-order valence-electron chi connectivity index (χ1n) is 9.92. The lowest BCUT2D eigenvalue weighted by molar-refractivity contribution is -0.138. The number of methoxy groups -OCH3 is 1. The molecule has 0 aliphatic carbocycles. The molecule has 4 nitrogen and oxygen atoms in total. The third-order valence-corrected chi connectivity index (χ3v) is 5.67. The molecule has 5 heteroatoms. The van der Waals surface area contributed by atoms with Gasteiger partial charge in [-0.15, -0.1) is 0 Å². The lowest BCUT2D eigenvalue weighted by Crippen LogP contribution is -2.16.